The van der Waals surface area contributed by atoms with Gasteiger partial charge in [0.15, 0.2) is 0 Å². The van der Waals surface area contributed by atoms with Crippen LogP contribution in [0.3, 0.4) is 0 Å². The van der Waals surface area contributed by atoms with Gasteiger partial charge in [0.1, 0.15) is 5.75 Å². The zero-order valence-electron chi connectivity index (χ0n) is 8.13. The lowest BCUT2D eigenvalue weighted by atomic mass is 10.2. The summed E-state index contributed by atoms with van der Waals surface area (Å²) in [6.07, 6.45) is 0.981. The number of hydrogen-bond acceptors (Lipinski definition) is 2. The van der Waals surface area contributed by atoms with Crippen LogP contribution in [0.4, 0.5) is 0 Å². The monoisotopic (exact) mass is 235 g/mol. The molecule has 0 heterocycles. The lowest BCUT2D eigenvalue weighted by Crippen LogP contribution is -1.98. The molecule has 0 aromatic heterocycles. The molecule has 2 nitrogen and oxygen atoms in total. The molecule has 0 spiro atoms. The van der Waals surface area contributed by atoms with E-state index in [1.807, 2.05) is 18.2 Å². The van der Waals surface area contributed by atoms with Crippen LogP contribution in [0.5, 0.6) is 5.75 Å². The number of halogens is 2. The predicted octanol–water partition coefficient (Wildman–Crippen LogP) is 3.01. The Kier molecular flexibility index (Phi) is 6.71. The Morgan fingerprint density at radius 3 is 2.64 bits per heavy atom. The van der Waals surface area contributed by atoms with Crippen molar-refractivity contribution < 1.29 is 4.74 Å². The molecule has 0 aliphatic carbocycles. The van der Waals surface area contributed by atoms with Crippen LogP contribution in [0.1, 0.15) is 18.9 Å². The Balaban J connectivity index is 0.00000169. The van der Waals surface area contributed by atoms with E-state index >= 15 is 0 Å². The smallest absolute Gasteiger partial charge is 0.137 e. The molecule has 0 aliphatic rings. The van der Waals surface area contributed by atoms with Gasteiger partial charge in [-0.3, -0.25) is 0 Å². The maximum Gasteiger partial charge on any atom is 0.137 e. The SMILES string of the molecule is CCCOc1ccc(CN)cc1Cl.Cl. The first kappa shape index (κ1) is 13.6. The van der Waals surface area contributed by atoms with Crippen LogP contribution in [-0.4, -0.2) is 6.61 Å². The first-order chi connectivity index (χ1) is 6.27. The minimum Gasteiger partial charge on any atom is -0.492 e. The number of hydrogen-bond donors (Lipinski definition) is 1. The van der Waals surface area contributed by atoms with Crippen molar-refractivity contribution in [2.75, 3.05) is 6.61 Å². The summed E-state index contributed by atoms with van der Waals surface area (Å²) in [6, 6.07) is 5.63. The summed E-state index contributed by atoms with van der Waals surface area (Å²) < 4.78 is 5.41. The average molecular weight is 236 g/mol. The highest BCUT2D eigenvalue weighted by molar-refractivity contribution is 6.32. The van der Waals surface area contributed by atoms with Gasteiger partial charge in [-0.05, 0) is 24.1 Å². The van der Waals surface area contributed by atoms with Crippen molar-refractivity contribution in [1.29, 1.82) is 0 Å². The summed E-state index contributed by atoms with van der Waals surface area (Å²) >= 11 is 5.96. The second-order valence-corrected chi connectivity index (χ2v) is 3.22. The third-order valence-electron chi connectivity index (χ3n) is 1.69. The van der Waals surface area contributed by atoms with Crippen LogP contribution >= 0.6 is 24.0 Å². The van der Waals surface area contributed by atoms with Crippen molar-refractivity contribution >= 4 is 24.0 Å². The summed E-state index contributed by atoms with van der Waals surface area (Å²) in [6.45, 7) is 3.26. The number of nitrogens with two attached hydrogens (primary N) is 1. The van der Waals surface area contributed by atoms with Gasteiger partial charge in [0, 0.05) is 6.54 Å². The van der Waals surface area contributed by atoms with Gasteiger partial charge >= 0.3 is 0 Å². The Labute approximate surface area is 95.8 Å². The van der Waals surface area contributed by atoms with Crippen LogP contribution in [0.15, 0.2) is 18.2 Å². The molecule has 2 N–H and O–H groups in total. The number of rotatable bonds is 4. The molecular formula is C10H15Cl2NO. The summed E-state index contributed by atoms with van der Waals surface area (Å²) in [5.41, 5.74) is 6.49. The Morgan fingerprint density at radius 1 is 1.43 bits per heavy atom. The summed E-state index contributed by atoms with van der Waals surface area (Å²) in [7, 11) is 0. The second kappa shape index (κ2) is 6.93. The molecule has 80 valence electrons. The van der Waals surface area contributed by atoms with Crippen LogP contribution in [0, 0.1) is 0 Å². The molecule has 1 aromatic rings. The molecule has 1 aromatic carbocycles. The van der Waals surface area contributed by atoms with E-state index in [9.17, 15) is 0 Å². The second-order valence-electron chi connectivity index (χ2n) is 2.82. The first-order valence-corrected chi connectivity index (χ1v) is 4.77. The molecule has 0 bridgehead atoms. The average Bonchev–Trinajstić information content (AvgIpc) is 2.16. The summed E-state index contributed by atoms with van der Waals surface area (Å²) in [4.78, 5) is 0. The predicted molar refractivity (Wildman–Crippen MR) is 62.4 cm³/mol. The summed E-state index contributed by atoms with van der Waals surface area (Å²) in [5.74, 6) is 0.737. The molecule has 0 fully saturated rings. The van der Waals surface area contributed by atoms with Crippen LogP contribution in [0.2, 0.25) is 5.02 Å². The van der Waals surface area contributed by atoms with Gasteiger partial charge in [0.2, 0.25) is 0 Å². The topological polar surface area (TPSA) is 35.2 Å². The molecule has 0 radical (unpaired) electrons. The highest BCUT2D eigenvalue weighted by Crippen LogP contribution is 2.25. The molecule has 4 heteroatoms. The minimum atomic E-state index is 0. The van der Waals surface area contributed by atoms with Crippen molar-refractivity contribution in [3.63, 3.8) is 0 Å². The van der Waals surface area contributed by atoms with E-state index in [2.05, 4.69) is 6.92 Å². The molecule has 0 atom stereocenters. The van der Waals surface area contributed by atoms with Crippen molar-refractivity contribution in [2.24, 2.45) is 5.73 Å². The molecule has 0 aliphatic heterocycles. The molecule has 0 amide bonds. The fourth-order valence-corrected chi connectivity index (χ4v) is 1.26. The van der Waals surface area contributed by atoms with Crippen molar-refractivity contribution in [2.45, 2.75) is 19.9 Å². The van der Waals surface area contributed by atoms with Crippen molar-refractivity contribution in [3.8, 4) is 5.75 Å². The van der Waals surface area contributed by atoms with E-state index in [1.165, 1.54) is 0 Å². The zero-order chi connectivity index (χ0) is 9.68. The van der Waals surface area contributed by atoms with Gasteiger partial charge in [-0.2, -0.15) is 0 Å². The van der Waals surface area contributed by atoms with E-state index < -0.39 is 0 Å². The lowest BCUT2D eigenvalue weighted by Gasteiger charge is -2.07. The van der Waals surface area contributed by atoms with Crippen molar-refractivity contribution in [3.05, 3.63) is 28.8 Å². The maximum atomic E-state index is 5.96. The van der Waals surface area contributed by atoms with Gasteiger partial charge in [-0.1, -0.05) is 24.6 Å². The molecule has 0 saturated carbocycles. The van der Waals surface area contributed by atoms with Gasteiger partial charge in [0.05, 0.1) is 11.6 Å². The summed E-state index contributed by atoms with van der Waals surface area (Å²) in [5, 5.41) is 0.636. The van der Waals surface area contributed by atoms with Crippen LogP contribution in [-0.2, 0) is 6.54 Å². The maximum absolute atomic E-state index is 5.96. The normalized spacial score (nSPS) is 9.36. The van der Waals surface area contributed by atoms with E-state index in [-0.39, 0.29) is 12.4 Å². The van der Waals surface area contributed by atoms with Crippen LogP contribution < -0.4 is 10.5 Å². The first-order valence-electron chi connectivity index (χ1n) is 4.39. The third kappa shape index (κ3) is 3.74. The standard InChI is InChI=1S/C10H14ClNO.ClH/c1-2-5-13-10-4-3-8(7-12)6-9(10)11;/h3-4,6H,2,5,7,12H2,1H3;1H. The van der Waals surface area contributed by atoms with Crippen LogP contribution in [0.25, 0.3) is 0 Å². The largest absolute Gasteiger partial charge is 0.492 e. The number of ether oxygens (including phenoxy) is 1. The Morgan fingerprint density at radius 2 is 2.14 bits per heavy atom. The molecule has 0 unspecified atom stereocenters. The van der Waals surface area contributed by atoms with Gasteiger partial charge in [-0.15, -0.1) is 12.4 Å². The fraction of sp³-hybridized carbons (Fsp3) is 0.400. The highest BCUT2D eigenvalue weighted by Gasteiger charge is 2.01. The van der Waals surface area contributed by atoms with E-state index in [4.69, 9.17) is 22.1 Å². The zero-order valence-corrected chi connectivity index (χ0v) is 9.70. The van der Waals surface area contributed by atoms with E-state index in [1.54, 1.807) is 0 Å². The Hall–Kier alpha value is -0.440. The van der Waals surface area contributed by atoms with E-state index in [0.29, 0.717) is 18.2 Å². The molecule has 0 saturated heterocycles. The van der Waals surface area contributed by atoms with Gasteiger partial charge in [0.25, 0.3) is 0 Å². The highest BCUT2D eigenvalue weighted by atomic mass is 35.5. The lowest BCUT2D eigenvalue weighted by molar-refractivity contribution is 0.317. The van der Waals surface area contributed by atoms with Crippen molar-refractivity contribution in [1.82, 2.24) is 0 Å². The van der Waals surface area contributed by atoms with E-state index in [0.717, 1.165) is 17.7 Å². The minimum absolute atomic E-state index is 0. The quantitative estimate of drug-likeness (QED) is 0.872. The van der Waals surface area contributed by atoms with Gasteiger partial charge < -0.3 is 10.5 Å². The third-order valence-corrected chi connectivity index (χ3v) is 1.99. The van der Waals surface area contributed by atoms with Gasteiger partial charge in [-0.25, -0.2) is 0 Å². The Bertz CT molecular complexity index is 279. The fourth-order valence-electron chi connectivity index (χ4n) is 1.00. The molecule has 1 rings (SSSR count). The molecular weight excluding hydrogens is 221 g/mol. The number of benzene rings is 1. The molecule has 14 heavy (non-hydrogen) atoms.